The Balaban J connectivity index is 2.15. The maximum atomic E-state index is 6.60. The Morgan fingerprint density at radius 2 is 1.72 bits per heavy atom. The van der Waals surface area contributed by atoms with Crippen LogP contribution in [0.15, 0.2) is 24.3 Å². The van der Waals surface area contributed by atoms with E-state index in [0.29, 0.717) is 5.41 Å². The smallest absolute Gasteiger partial charge is 0.0456 e. The first-order valence-electron chi connectivity index (χ1n) is 6.87. The van der Waals surface area contributed by atoms with Crippen molar-refractivity contribution >= 4 is 11.6 Å². The summed E-state index contributed by atoms with van der Waals surface area (Å²) < 4.78 is 0. The van der Waals surface area contributed by atoms with Crippen LogP contribution in [0.2, 0.25) is 5.02 Å². The second-order valence-electron chi connectivity index (χ2n) is 6.78. The highest BCUT2D eigenvalue weighted by Crippen LogP contribution is 2.45. The van der Waals surface area contributed by atoms with E-state index in [1.165, 1.54) is 12.8 Å². The molecule has 0 heterocycles. The van der Waals surface area contributed by atoms with Gasteiger partial charge in [-0.05, 0) is 48.6 Å². The molecule has 0 saturated heterocycles. The number of hydrogen-bond donors (Lipinski definition) is 1. The molecule has 1 fully saturated rings. The molecule has 1 aliphatic rings. The van der Waals surface area contributed by atoms with Gasteiger partial charge in [-0.1, -0.05) is 50.6 Å². The quantitative estimate of drug-likeness (QED) is 0.780. The summed E-state index contributed by atoms with van der Waals surface area (Å²) in [5.74, 6) is 0.775. The molecular formula is C16H24ClN. The maximum absolute atomic E-state index is 6.60. The third kappa shape index (κ3) is 2.73. The van der Waals surface area contributed by atoms with Gasteiger partial charge in [0.25, 0.3) is 0 Å². The van der Waals surface area contributed by atoms with Gasteiger partial charge in [0.1, 0.15) is 0 Å². The van der Waals surface area contributed by atoms with Gasteiger partial charge < -0.3 is 5.73 Å². The third-order valence-corrected chi connectivity index (χ3v) is 4.84. The van der Waals surface area contributed by atoms with Crippen LogP contribution in [0.4, 0.5) is 0 Å². The Morgan fingerprint density at radius 1 is 1.17 bits per heavy atom. The molecule has 1 aromatic rings. The number of rotatable bonds is 1. The normalized spacial score (nSPS) is 29.3. The lowest BCUT2D eigenvalue weighted by Gasteiger charge is -2.42. The summed E-state index contributed by atoms with van der Waals surface area (Å²) in [5, 5.41) is 0.814. The number of hydrogen-bond acceptors (Lipinski definition) is 1. The van der Waals surface area contributed by atoms with Crippen LogP contribution in [0.25, 0.3) is 0 Å². The standard InChI is InChI=1S/C16H24ClN/c1-15(2,3)12-8-10-16(18,11-9-12)13-6-4-5-7-14(13)17/h4-7,12H,8-11,18H2,1-3H3. The Bertz CT molecular complexity index is 411. The van der Waals surface area contributed by atoms with E-state index in [1.807, 2.05) is 18.2 Å². The van der Waals surface area contributed by atoms with Gasteiger partial charge in [0.15, 0.2) is 0 Å². The van der Waals surface area contributed by atoms with E-state index >= 15 is 0 Å². The van der Waals surface area contributed by atoms with Crippen LogP contribution < -0.4 is 5.73 Å². The first kappa shape index (κ1) is 13.9. The van der Waals surface area contributed by atoms with Crippen LogP contribution in [-0.4, -0.2) is 0 Å². The van der Waals surface area contributed by atoms with E-state index in [9.17, 15) is 0 Å². The van der Waals surface area contributed by atoms with Gasteiger partial charge in [-0.15, -0.1) is 0 Å². The summed E-state index contributed by atoms with van der Waals surface area (Å²) in [7, 11) is 0. The molecule has 2 rings (SSSR count). The molecule has 0 aromatic heterocycles. The zero-order valence-corrected chi connectivity index (χ0v) is 12.4. The molecule has 1 aromatic carbocycles. The third-order valence-electron chi connectivity index (χ3n) is 4.51. The minimum Gasteiger partial charge on any atom is -0.321 e. The van der Waals surface area contributed by atoms with Crippen LogP contribution in [-0.2, 0) is 5.54 Å². The molecule has 2 heteroatoms. The molecular weight excluding hydrogens is 242 g/mol. The van der Waals surface area contributed by atoms with Gasteiger partial charge in [0.2, 0.25) is 0 Å². The van der Waals surface area contributed by atoms with Gasteiger partial charge in [-0.2, -0.15) is 0 Å². The lowest BCUT2D eigenvalue weighted by Crippen LogP contribution is -2.42. The fourth-order valence-electron chi connectivity index (χ4n) is 3.13. The van der Waals surface area contributed by atoms with E-state index in [-0.39, 0.29) is 5.54 Å². The van der Waals surface area contributed by atoms with Gasteiger partial charge >= 0.3 is 0 Å². The predicted molar refractivity (Wildman–Crippen MR) is 78.7 cm³/mol. The summed E-state index contributed by atoms with van der Waals surface area (Å²) in [5.41, 5.74) is 7.89. The highest BCUT2D eigenvalue weighted by atomic mass is 35.5. The molecule has 0 amide bonds. The summed E-state index contributed by atoms with van der Waals surface area (Å²) >= 11 is 6.29. The SMILES string of the molecule is CC(C)(C)C1CCC(N)(c2ccccc2Cl)CC1. The highest BCUT2D eigenvalue weighted by Gasteiger charge is 2.37. The summed E-state index contributed by atoms with van der Waals surface area (Å²) in [6, 6.07) is 8.03. The Morgan fingerprint density at radius 3 is 2.22 bits per heavy atom. The number of benzene rings is 1. The van der Waals surface area contributed by atoms with Gasteiger partial charge in [-0.25, -0.2) is 0 Å². The van der Waals surface area contributed by atoms with E-state index in [2.05, 4.69) is 26.8 Å². The van der Waals surface area contributed by atoms with Crippen LogP contribution in [0, 0.1) is 11.3 Å². The van der Waals surface area contributed by atoms with Crippen LogP contribution >= 0.6 is 11.6 Å². The largest absolute Gasteiger partial charge is 0.321 e. The summed E-state index contributed by atoms with van der Waals surface area (Å²) in [6.07, 6.45) is 4.48. The Labute approximate surface area is 116 Å². The molecule has 0 radical (unpaired) electrons. The Hall–Kier alpha value is -0.530. The summed E-state index contributed by atoms with van der Waals surface area (Å²) in [6.45, 7) is 6.99. The second-order valence-corrected chi connectivity index (χ2v) is 7.18. The number of halogens is 1. The van der Waals surface area contributed by atoms with Crippen LogP contribution in [0.5, 0.6) is 0 Å². The van der Waals surface area contributed by atoms with Crippen LogP contribution in [0.1, 0.15) is 52.0 Å². The molecule has 0 bridgehead atoms. The predicted octanol–water partition coefficient (Wildman–Crippen LogP) is 4.73. The molecule has 18 heavy (non-hydrogen) atoms. The molecule has 0 spiro atoms. The fourth-order valence-corrected chi connectivity index (χ4v) is 3.46. The van der Waals surface area contributed by atoms with E-state index in [0.717, 1.165) is 29.3 Å². The average Bonchev–Trinajstić information content (AvgIpc) is 2.28. The molecule has 100 valence electrons. The minimum atomic E-state index is -0.222. The van der Waals surface area contributed by atoms with Crippen molar-refractivity contribution in [1.82, 2.24) is 0 Å². The lowest BCUT2D eigenvalue weighted by molar-refractivity contribution is 0.134. The highest BCUT2D eigenvalue weighted by molar-refractivity contribution is 6.31. The maximum Gasteiger partial charge on any atom is 0.0456 e. The fraction of sp³-hybridized carbons (Fsp3) is 0.625. The van der Waals surface area contributed by atoms with Crippen molar-refractivity contribution in [3.05, 3.63) is 34.9 Å². The van der Waals surface area contributed by atoms with E-state index in [1.54, 1.807) is 0 Å². The first-order chi connectivity index (χ1) is 8.33. The molecule has 1 nitrogen and oxygen atoms in total. The topological polar surface area (TPSA) is 26.0 Å². The Kier molecular flexibility index (Phi) is 3.75. The molecule has 1 aliphatic carbocycles. The molecule has 0 atom stereocenters. The molecule has 0 aliphatic heterocycles. The monoisotopic (exact) mass is 265 g/mol. The van der Waals surface area contributed by atoms with Crippen molar-refractivity contribution in [2.45, 2.75) is 52.0 Å². The van der Waals surface area contributed by atoms with Crippen molar-refractivity contribution < 1.29 is 0 Å². The van der Waals surface area contributed by atoms with Crippen LogP contribution in [0.3, 0.4) is 0 Å². The first-order valence-corrected chi connectivity index (χ1v) is 7.25. The van der Waals surface area contributed by atoms with Gasteiger partial charge in [0.05, 0.1) is 0 Å². The van der Waals surface area contributed by atoms with Crippen molar-refractivity contribution in [2.75, 3.05) is 0 Å². The second kappa shape index (κ2) is 4.86. The minimum absolute atomic E-state index is 0.222. The van der Waals surface area contributed by atoms with Gasteiger partial charge in [0, 0.05) is 10.6 Å². The zero-order chi connectivity index (χ0) is 13.4. The molecule has 0 unspecified atom stereocenters. The van der Waals surface area contributed by atoms with Crippen molar-refractivity contribution in [3.8, 4) is 0 Å². The van der Waals surface area contributed by atoms with Crippen molar-refractivity contribution in [1.29, 1.82) is 0 Å². The van der Waals surface area contributed by atoms with Crippen molar-refractivity contribution in [3.63, 3.8) is 0 Å². The average molecular weight is 266 g/mol. The summed E-state index contributed by atoms with van der Waals surface area (Å²) in [4.78, 5) is 0. The number of nitrogens with two attached hydrogens (primary N) is 1. The van der Waals surface area contributed by atoms with Crippen molar-refractivity contribution in [2.24, 2.45) is 17.1 Å². The van der Waals surface area contributed by atoms with E-state index in [4.69, 9.17) is 17.3 Å². The molecule has 2 N–H and O–H groups in total. The molecule has 1 saturated carbocycles. The van der Waals surface area contributed by atoms with E-state index < -0.39 is 0 Å². The lowest BCUT2D eigenvalue weighted by atomic mass is 9.66. The van der Waals surface area contributed by atoms with Gasteiger partial charge in [-0.3, -0.25) is 0 Å². The zero-order valence-electron chi connectivity index (χ0n) is 11.7.